The van der Waals surface area contributed by atoms with Gasteiger partial charge in [-0.3, -0.25) is 0 Å². The summed E-state index contributed by atoms with van der Waals surface area (Å²) >= 11 is 1.52. The molecule has 1 aromatic carbocycles. The summed E-state index contributed by atoms with van der Waals surface area (Å²) in [4.78, 5) is 7.01. The van der Waals surface area contributed by atoms with E-state index >= 15 is 0 Å². The lowest BCUT2D eigenvalue weighted by Gasteiger charge is -2.56. The highest BCUT2D eigenvalue weighted by Crippen LogP contribution is 2.62. The number of aromatic nitrogens is 1. The summed E-state index contributed by atoms with van der Waals surface area (Å²) in [5, 5.41) is 11.2. The highest BCUT2D eigenvalue weighted by atomic mass is 32.1. The zero-order valence-corrected chi connectivity index (χ0v) is 14.2. The van der Waals surface area contributed by atoms with Crippen molar-refractivity contribution in [3.63, 3.8) is 0 Å². The Morgan fingerprint density at radius 3 is 3.21 bits per heavy atom. The summed E-state index contributed by atoms with van der Waals surface area (Å²) in [6.07, 6.45) is 5.45. The van der Waals surface area contributed by atoms with Crippen molar-refractivity contribution in [1.82, 2.24) is 9.88 Å². The maximum atomic E-state index is 10.7. The number of ether oxygens (including phenoxy) is 1. The molecular formula is C18H19N3O2S. The number of fused-ring (bicyclic) bond motifs is 2. The Labute approximate surface area is 143 Å². The highest BCUT2D eigenvalue weighted by molar-refractivity contribution is 7.22. The van der Waals surface area contributed by atoms with Crippen LogP contribution in [0.2, 0.25) is 0 Å². The number of benzene rings is 1. The number of thiazole rings is 1. The standard InChI is InChI=1S/C18H19N3O2S/c1-21-5-4-18-9-2-3-11(22)16(18)23-15-13(18)8(6-10(9)21)7-12-14(15)20-17(19)24-12/h2-3,7,9-11,16,22H,4-6H2,1H3,(H2,19,20)/t9-,10+,11-,16-,18-/m0/s1. The summed E-state index contributed by atoms with van der Waals surface area (Å²) in [6.45, 7) is 1.04. The van der Waals surface area contributed by atoms with Crippen LogP contribution in [-0.2, 0) is 11.8 Å². The lowest BCUT2D eigenvalue weighted by Crippen LogP contribution is -2.64. The highest BCUT2D eigenvalue weighted by Gasteiger charge is 2.64. The van der Waals surface area contributed by atoms with Gasteiger partial charge in [-0.1, -0.05) is 23.5 Å². The zero-order chi connectivity index (χ0) is 16.2. The first-order chi connectivity index (χ1) is 11.6. The third-order valence-electron chi connectivity index (χ3n) is 6.67. The Kier molecular flexibility index (Phi) is 2.34. The molecule has 2 aromatic rings. The number of likely N-dealkylation sites (tertiary alicyclic amines) is 1. The molecule has 0 saturated carbocycles. The lowest BCUT2D eigenvalue weighted by atomic mass is 9.53. The van der Waals surface area contributed by atoms with Crippen LogP contribution in [0.1, 0.15) is 17.5 Å². The van der Waals surface area contributed by atoms with Gasteiger partial charge in [0, 0.05) is 22.9 Å². The maximum Gasteiger partial charge on any atom is 0.181 e. The Hall–Kier alpha value is -1.63. The van der Waals surface area contributed by atoms with Crippen LogP contribution in [0.25, 0.3) is 10.2 Å². The number of hydrogen-bond acceptors (Lipinski definition) is 6. The van der Waals surface area contributed by atoms with E-state index in [-0.39, 0.29) is 11.5 Å². The van der Waals surface area contributed by atoms with Crippen LogP contribution in [-0.4, -0.2) is 46.8 Å². The Morgan fingerprint density at radius 2 is 2.33 bits per heavy atom. The molecule has 3 heterocycles. The van der Waals surface area contributed by atoms with E-state index in [0.717, 1.165) is 35.4 Å². The number of nitrogen functional groups attached to an aromatic ring is 1. The predicted molar refractivity (Wildman–Crippen MR) is 93.5 cm³/mol. The molecule has 1 spiro atoms. The van der Waals surface area contributed by atoms with E-state index in [4.69, 9.17) is 10.5 Å². The van der Waals surface area contributed by atoms with E-state index in [1.54, 1.807) is 0 Å². The normalized spacial score (nSPS) is 39.1. The molecule has 2 bridgehead atoms. The minimum absolute atomic E-state index is 0.110. The molecule has 1 aromatic heterocycles. The second-order valence-corrected chi connectivity index (χ2v) is 8.68. The first kappa shape index (κ1) is 13.6. The quantitative estimate of drug-likeness (QED) is 0.714. The first-order valence-electron chi connectivity index (χ1n) is 8.55. The average Bonchev–Trinajstić information content (AvgIpc) is 3.09. The van der Waals surface area contributed by atoms with Gasteiger partial charge in [-0.2, -0.15) is 0 Å². The van der Waals surface area contributed by atoms with Crippen LogP contribution in [0.3, 0.4) is 0 Å². The predicted octanol–water partition coefficient (Wildman–Crippen LogP) is 1.68. The second kappa shape index (κ2) is 4.12. The molecule has 2 aliphatic carbocycles. The number of piperidine rings is 1. The van der Waals surface area contributed by atoms with Crippen molar-refractivity contribution < 1.29 is 9.84 Å². The van der Waals surface area contributed by atoms with Gasteiger partial charge >= 0.3 is 0 Å². The fourth-order valence-corrected chi connectivity index (χ4v) is 6.51. The monoisotopic (exact) mass is 341 g/mol. The molecule has 1 saturated heterocycles. The van der Waals surface area contributed by atoms with Crippen molar-refractivity contribution in [3.8, 4) is 5.75 Å². The number of nitrogens with zero attached hydrogens (tertiary/aromatic N) is 2. The van der Waals surface area contributed by atoms with E-state index < -0.39 is 6.10 Å². The van der Waals surface area contributed by atoms with Gasteiger partial charge in [0.15, 0.2) is 10.9 Å². The first-order valence-corrected chi connectivity index (χ1v) is 9.37. The lowest BCUT2D eigenvalue weighted by molar-refractivity contribution is -0.0448. The van der Waals surface area contributed by atoms with Gasteiger partial charge in [0.1, 0.15) is 17.7 Å². The molecular weight excluding hydrogens is 322 g/mol. The number of anilines is 1. The van der Waals surface area contributed by atoms with Crippen molar-refractivity contribution >= 4 is 26.7 Å². The molecule has 5 nitrogen and oxygen atoms in total. The minimum atomic E-state index is -0.560. The summed E-state index contributed by atoms with van der Waals surface area (Å²) in [7, 11) is 2.22. The van der Waals surface area contributed by atoms with Crippen molar-refractivity contribution in [1.29, 1.82) is 0 Å². The van der Waals surface area contributed by atoms with Crippen molar-refractivity contribution in [3.05, 3.63) is 29.3 Å². The molecule has 0 amide bonds. The summed E-state index contributed by atoms with van der Waals surface area (Å²) < 4.78 is 7.52. The molecule has 24 heavy (non-hydrogen) atoms. The number of nitrogens with two attached hydrogens (primary N) is 1. The van der Waals surface area contributed by atoms with Crippen LogP contribution >= 0.6 is 11.3 Å². The van der Waals surface area contributed by atoms with Gasteiger partial charge in [-0.05, 0) is 38.1 Å². The third kappa shape index (κ3) is 1.35. The average molecular weight is 341 g/mol. The van der Waals surface area contributed by atoms with E-state index in [0.29, 0.717) is 17.1 Å². The number of likely N-dealkylation sites (N-methyl/N-ethyl adjacent to an activating group) is 1. The molecule has 1 fully saturated rings. The number of aliphatic hydroxyl groups is 1. The molecule has 0 radical (unpaired) electrons. The fourth-order valence-electron chi connectivity index (χ4n) is 5.72. The molecule has 2 aliphatic heterocycles. The van der Waals surface area contributed by atoms with Crippen molar-refractivity contribution in [2.75, 3.05) is 19.3 Å². The molecule has 5 atom stereocenters. The molecule has 0 unspecified atom stereocenters. The smallest absolute Gasteiger partial charge is 0.181 e. The SMILES string of the molecule is CN1CC[C@]23c4c5cc6sc(N)nc6c4O[C@H]2[C@@H](O)C=C[C@H]3[C@H]1C5. The van der Waals surface area contributed by atoms with E-state index in [1.807, 2.05) is 6.08 Å². The molecule has 6 heteroatoms. The summed E-state index contributed by atoms with van der Waals surface area (Å²) in [5.41, 5.74) is 9.41. The Morgan fingerprint density at radius 1 is 1.46 bits per heavy atom. The van der Waals surface area contributed by atoms with Gasteiger partial charge < -0.3 is 20.5 Å². The Bertz CT molecular complexity index is 923. The molecule has 3 N–H and O–H groups in total. The topological polar surface area (TPSA) is 71.6 Å². The number of hydrogen-bond donors (Lipinski definition) is 2. The maximum absolute atomic E-state index is 10.7. The Balaban J connectivity index is 1.73. The van der Waals surface area contributed by atoms with E-state index in [2.05, 4.69) is 29.1 Å². The minimum Gasteiger partial charge on any atom is -0.484 e. The van der Waals surface area contributed by atoms with Gasteiger partial charge in [0.05, 0.1) is 4.70 Å². The largest absolute Gasteiger partial charge is 0.484 e. The number of aliphatic hydroxyl groups excluding tert-OH is 1. The van der Waals surface area contributed by atoms with Crippen molar-refractivity contribution in [2.45, 2.75) is 36.5 Å². The zero-order valence-electron chi connectivity index (χ0n) is 13.4. The third-order valence-corrected chi connectivity index (χ3v) is 7.50. The van der Waals surface area contributed by atoms with Crippen LogP contribution in [0.15, 0.2) is 18.2 Å². The van der Waals surface area contributed by atoms with Gasteiger partial charge in [0.25, 0.3) is 0 Å². The molecule has 124 valence electrons. The van der Waals surface area contributed by atoms with Gasteiger partial charge in [0.2, 0.25) is 0 Å². The van der Waals surface area contributed by atoms with Crippen LogP contribution in [0, 0.1) is 5.92 Å². The molecule has 4 aliphatic rings. The van der Waals surface area contributed by atoms with Crippen LogP contribution < -0.4 is 10.5 Å². The second-order valence-electron chi connectivity index (χ2n) is 7.62. The van der Waals surface area contributed by atoms with Crippen LogP contribution in [0.4, 0.5) is 5.13 Å². The number of rotatable bonds is 0. The van der Waals surface area contributed by atoms with Crippen molar-refractivity contribution in [2.24, 2.45) is 5.92 Å². The van der Waals surface area contributed by atoms with Gasteiger partial charge in [-0.15, -0.1) is 0 Å². The van der Waals surface area contributed by atoms with E-state index in [1.165, 1.54) is 22.5 Å². The van der Waals surface area contributed by atoms with E-state index in [9.17, 15) is 5.11 Å². The van der Waals surface area contributed by atoms with Gasteiger partial charge in [-0.25, -0.2) is 4.98 Å². The summed E-state index contributed by atoms with van der Waals surface area (Å²) in [5.74, 6) is 1.28. The van der Waals surface area contributed by atoms with Crippen LogP contribution in [0.5, 0.6) is 5.75 Å². The fraction of sp³-hybridized carbons (Fsp3) is 0.500. The molecule has 6 rings (SSSR count). The summed E-state index contributed by atoms with van der Waals surface area (Å²) in [6, 6.07) is 2.73.